The second-order valence-electron chi connectivity index (χ2n) is 5.77. The standard InChI is InChI=1S/C14H15F3O4S/c1-22(19,20)9-6-5-8(21-7-3-2-4-7)10-11(9)13(18)14(16,17)12(10)15/h5-7,12-13,18H,2-4H2,1H3/t12-,13+/m1/s1. The van der Waals surface area contributed by atoms with Gasteiger partial charge >= 0.3 is 5.92 Å². The maximum atomic E-state index is 14.2. The molecule has 22 heavy (non-hydrogen) atoms. The van der Waals surface area contributed by atoms with Crippen LogP contribution in [0.5, 0.6) is 5.75 Å². The topological polar surface area (TPSA) is 63.6 Å². The van der Waals surface area contributed by atoms with Gasteiger partial charge in [0.1, 0.15) is 11.9 Å². The first-order valence-corrected chi connectivity index (χ1v) is 8.76. The van der Waals surface area contributed by atoms with Gasteiger partial charge in [-0.15, -0.1) is 0 Å². The molecule has 1 fully saturated rings. The summed E-state index contributed by atoms with van der Waals surface area (Å²) < 4.78 is 70.8. The van der Waals surface area contributed by atoms with Crippen LogP contribution in [0.3, 0.4) is 0 Å². The van der Waals surface area contributed by atoms with E-state index in [9.17, 15) is 26.7 Å². The molecule has 0 aliphatic heterocycles. The van der Waals surface area contributed by atoms with Crippen molar-refractivity contribution in [1.82, 2.24) is 0 Å². The van der Waals surface area contributed by atoms with E-state index in [1.807, 2.05) is 0 Å². The SMILES string of the molecule is CS(=O)(=O)c1ccc(OC2CCC2)c2c1[C@H](O)C(F)(F)[C@@H]2F. The van der Waals surface area contributed by atoms with Crippen molar-refractivity contribution in [3.05, 3.63) is 23.3 Å². The van der Waals surface area contributed by atoms with Crippen molar-refractivity contribution < 1.29 is 31.4 Å². The molecule has 1 saturated carbocycles. The lowest BCUT2D eigenvalue weighted by molar-refractivity contribution is -0.144. The van der Waals surface area contributed by atoms with Crippen LogP contribution in [0.25, 0.3) is 0 Å². The van der Waals surface area contributed by atoms with E-state index >= 15 is 0 Å². The molecule has 0 spiro atoms. The Morgan fingerprint density at radius 3 is 2.41 bits per heavy atom. The summed E-state index contributed by atoms with van der Waals surface area (Å²) in [6, 6.07) is 2.27. The summed E-state index contributed by atoms with van der Waals surface area (Å²) in [5, 5.41) is 9.74. The van der Waals surface area contributed by atoms with Gasteiger partial charge in [-0.05, 0) is 31.4 Å². The first-order chi connectivity index (χ1) is 10.1. The number of sulfone groups is 1. The molecular formula is C14H15F3O4S. The van der Waals surface area contributed by atoms with E-state index in [0.29, 0.717) is 0 Å². The van der Waals surface area contributed by atoms with Gasteiger partial charge in [0, 0.05) is 17.4 Å². The number of hydrogen-bond acceptors (Lipinski definition) is 4. The molecule has 2 aliphatic carbocycles. The van der Waals surface area contributed by atoms with Gasteiger partial charge in [0.2, 0.25) is 0 Å². The molecule has 0 heterocycles. The van der Waals surface area contributed by atoms with Crippen molar-refractivity contribution >= 4 is 9.84 Å². The molecule has 1 aromatic carbocycles. The van der Waals surface area contributed by atoms with Crippen LogP contribution in [0.15, 0.2) is 17.0 Å². The van der Waals surface area contributed by atoms with Crippen LogP contribution in [-0.4, -0.2) is 31.8 Å². The molecule has 2 atom stereocenters. The zero-order valence-corrected chi connectivity index (χ0v) is 12.5. The second-order valence-corrected chi connectivity index (χ2v) is 7.76. The third-order valence-electron chi connectivity index (χ3n) is 4.18. The highest BCUT2D eigenvalue weighted by molar-refractivity contribution is 7.90. The van der Waals surface area contributed by atoms with Crippen molar-refractivity contribution in [2.24, 2.45) is 0 Å². The van der Waals surface area contributed by atoms with Crippen LogP contribution >= 0.6 is 0 Å². The maximum absolute atomic E-state index is 14.2. The highest BCUT2D eigenvalue weighted by Crippen LogP contribution is 2.57. The fraction of sp³-hybridized carbons (Fsp3) is 0.571. The van der Waals surface area contributed by atoms with E-state index < -0.39 is 44.1 Å². The Balaban J connectivity index is 2.18. The number of aliphatic hydroxyl groups is 1. The van der Waals surface area contributed by atoms with Crippen LogP contribution in [0.2, 0.25) is 0 Å². The Bertz CT molecular complexity index is 713. The summed E-state index contributed by atoms with van der Waals surface area (Å²) in [5.41, 5.74) is -1.14. The Morgan fingerprint density at radius 2 is 1.91 bits per heavy atom. The third-order valence-corrected chi connectivity index (χ3v) is 5.34. The maximum Gasteiger partial charge on any atom is 0.312 e. The number of aliphatic hydroxyl groups excluding tert-OH is 1. The summed E-state index contributed by atoms with van der Waals surface area (Å²) in [5.74, 6) is -4.20. The first kappa shape index (κ1) is 15.6. The normalized spacial score (nSPS) is 27.3. The van der Waals surface area contributed by atoms with Gasteiger partial charge in [-0.2, -0.15) is 8.78 Å². The van der Waals surface area contributed by atoms with Crippen molar-refractivity contribution in [3.8, 4) is 5.75 Å². The molecule has 2 aliphatic rings. The van der Waals surface area contributed by atoms with Gasteiger partial charge in [-0.1, -0.05) is 0 Å². The van der Waals surface area contributed by atoms with Crippen LogP contribution in [0.1, 0.15) is 42.7 Å². The molecule has 0 amide bonds. The van der Waals surface area contributed by atoms with Gasteiger partial charge in [0.25, 0.3) is 0 Å². The zero-order chi connectivity index (χ0) is 16.3. The van der Waals surface area contributed by atoms with E-state index in [4.69, 9.17) is 4.74 Å². The quantitative estimate of drug-likeness (QED) is 0.922. The summed E-state index contributed by atoms with van der Waals surface area (Å²) in [4.78, 5) is -0.490. The van der Waals surface area contributed by atoms with Crippen LogP contribution < -0.4 is 4.74 Å². The van der Waals surface area contributed by atoms with Gasteiger partial charge < -0.3 is 9.84 Å². The van der Waals surface area contributed by atoms with E-state index in [1.54, 1.807) is 0 Å². The van der Waals surface area contributed by atoms with Crippen molar-refractivity contribution in [2.45, 2.75) is 48.5 Å². The lowest BCUT2D eigenvalue weighted by Gasteiger charge is -2.28. The molecule has 8 heteroatoms. The number of hydrogen-bond donors (Lipinski definition) is 1. The number of alkyl halides is 3. The van der Waals surface area contributed by atoms with Crippen LogP contribution in [0, 0.1) is 0 Å². The van der Waals surface area contributed by atoms with E-state index in [0.717, 1.165) is 31.6 Å². The molecule has 3 rings (SSSR count). The highest BCUT2D eigenvalue weighted by atomic mass is 32.2. The third kappa shape index (κ3) is 2.20. The molecule has 122 valence electrons. The molecule has 0 radical (unpaired) electrons. The van der Waals surface area contributed by atoms with Gasteiger partial charge in [-0.3, -0.25) is 0 Å². The van der Waals surface area contributed by atoms with E-state index in [2.05, 4.69) is 0 Å². The predicted octanol–water partition coefficient (Wildman–Crippen LogP) is 2.71. The van der Waals surface area contributed by atoms with Gasteiger partial charge in [-0.25, -0.2) is 12.8 Å². The molecule has 0 aromatic heterocycles. The van der Waals surface area contributed by atoms with Crippen LogP contribution in [-0.2, 0) is 9.84 Å². The minimum Gasteiger partial charge on any atom is -0.490 e. The fourth-order valence-corrected chi connectivity index (χ4v) is 3.69. The molecule has 0 bridgehead atoms. The minimum atomic E-state index is -4.08. The predicted molar refractivity (Wildman–Crippen MR) is 71.6 cm³/mol. The van der Waals surface area contributed by atoms with Gasteiger partial charge in [0.15, 0.2) is 16.0 Å². The molecule has 4 nitrogen and oxygen atoms in total. The zero-order valence-electron chi connectivity index (χ0n) is 11.7. The largest absolute Gasteiger partial charge is 0.490 e. The number of ether oxygens (including phenoxy) is 1. The smallest absolute Gasteiger partial charge is 0.312 e. The van der Waals surface area contributed by atoms with Crippen molar-refractivity contribution in [2.75, 3.05) is 6.26 Å². The fourth-order valence-electron chi connectivity index (χ4n) is 2.76. The monoisotopic (exact) mass is 336 g/mol. The van der Waals surface area contributed by atoms with Crippen molar-refractivity contribution in [1.29, 1.82) is 0 Å². The number of rotatable bonds is 3. The average molecular weight is 336 g/mol. The molecule has 1 aromatic rings. The van der Waals surface area contributed by atoms with Gasteiger partial charge in [0.05, 0.1) is 11.0 Å². The van der Waals surface area contributed by atoms with Crippen molar-refractivity contribution in [3.63, 3.8) is 0 Å². The Hall–Kier alpha value is -1.28. The number of fused-ring (bicyclic) bond motifs is 1. The molecule has 0 unspecified atom stereocenters. The van der Waals surface area contributed by atoms with E-state index in [1.165, 1.54) is 6.07 Å². The minimum absolute atomic E-state index is 0.115. The average Bonchev–Trinajstić information content (AvgIpc) is 2.55. The summed E-state index contributed by atoms with van der Waals surface area (Å²) in [6.07, 6.45) is -2.26. The Kier molecular flexibility index (Phi) is 3.45. The number of halogens is 3. The molecule has 1 N–H and O–H groups in total. The Labute approximate surface area is 125 Å². The number of benzene rings is 1. The van der Waals surface area contributed by atoms with Crippen LogP contribution in [0.4, 0.5) is 13.2 Å². The highest BCUT2D eigenvalue weighted by Gasteiger charge is 2.59. The lowest BCUT2D eigenvalue weighted by atomic mass is 9.96. The second kappa shape index (κ2) is 4.86. The first-order valence-electron chi connectivity index (χ1n) is 6.87. The Morgan fingerprint density at radius 1 is 1.27 bits per heavy atom. The van der Waals surface area contributed by atoms with E-state index in [-0.39, 0.29) is 11.9 Å². The molecular weight excluding hydrogens is 321 g/mol. The summed E-state index contributed by atoms with van der Waals surface area (Å²) in [7, 11) is -3.89. The summed E-state index contributed by atoms with van der Waals surface area (Å²) in [6.45, 7) is 0. The molecule has 0 saturated heterocycles. The summed E-state index contributed by atoms with van der Waals surface area (Å²) >= 11 is 0. The lowest BCUT2D eigenvalue weighted by Crippen LogP contribution is -2.26.